The first-order valence-electron chi connectivity index (χ1n) is 8.93. The average molecular weight is 331 g/mol. The number of hydrogen-bond donors (Lipinski definition) is 1. The van der Waals surface area contributed by atoms with E-state index < -0.39 is 0 Å². The second-order valence-electron chi connectivity index (χ2n) is 6.14. The van der Waals surface area contributed by atoms with Crippen molar-refractivity contribution >= 4 is 12.6 Å². The molecule has 0 unspecified atom stereocenters. The molecule has 0 N–H and O–H groups in total. The molecule has 2 aromatic heterocycles. The van der Waals surface area contributed by atoms with Crippen LogP contribution in [0.4, 0.5) is 0 Å². The second-order valence-corrected chi connectivity index (χ2v) is 6.59. The van der Waals surface area contributed by atoms with E-state index in [2.05, 4.69) is 77.7 Å². The Hall–Kier alpha value is -1.35. The summed E-state index contributed by atoms with van der Waals surface area (Å²) in [5.74, 6) is 0.996. The summed E-state index contributed by atoms with van der Waals surface area (Å²) in [6, 6.07) is 8.88. The number of aryl methyl sites for hydroxylation is 2. The van der Waals surface area contributed by atoms with Crippen LogP contribution in [0, 0.1) is 0 Å². The van der Waals surface area contributed by atoms with Crippen molar-refractivity contribution < 1.29 is 9.13 Å². The van der Waals surface area contributed by atoms with E-state index in [1.54, 1.807) is 0 Å². The van der Waals surface area contributed by atoms with Crippen molar-refractivity contribution in [3.63, 3.8) is 0 Å². The topological polar surface area (TPSA) is 7.76 Å². The first kappa shape index (κ1) is 18.0. The summed E-state index contributed by atoms with van der Waals surface area (Å²) in [6.45, 7) is 4.46. The Morgan fingerprint density at radius 1 is 0.696 bits per heavy atom. The van der Waals surface area contributed by atoms with Gasteiger partial charge in [0, 0.05) is 37.1 Å². The lowest BCUT2D eigenvalue weighted by molar-refractivity contribution is -0.697. The minimum absolute atomic E-state index is 0.996. The van der Waals surface area contributed by atoms with Crippen LogP contribution in [0.15, 0.2) is 49.1 Å². The monoisotopic (exact) mass is 330 g/mol. The number of rotatable bonds is 10. The molecule has 3 heteroatoms. The Morgan fingerprint density at radius 2 is 1.17 bits per heavy atom. The Morgan fingerprint density at radius 3 is 1.61 bits per heavy atom. The minimum atomic E-state index is 0.996. The molecule has 124 valence electrons. The molecule has 0 saturated heterocycles. The number of thiol groups is 1. The highest BCUT2D eigenvalue weighted by Crippen LogP contribution is 2.15. The summed E-state index contributed by atoms with van der Waals surface area (Å²) in [5.41, 5.74) is 2.58. The van der Waals surface area contributed by atoms with Gasteiger partial charge in [-0.3, -0.25) is 0 Å². The normalized spacial score (nSPS) is 10.9. The van der Waals surface area contributed by atoms with E-state index in [4.69, 9.17) is 0 Å². The van der Waals surface area contributed by atoms with Crippen LogP contribution >= 0.6 is 12.6 Å². The third kappa shape index (κ3) is 6.34. The predicted octanol–water partition coefficient (Wildman–Crippen LogP) is 4.22. The van der Waals surface area contributed by atoms with Crippen LogP contribution in [0.1, 0.15) is 45.4 Å². The highest BCUT2D eigenvalue weighted by atomic mass is 32.1. The van der Waals surface area contributed by atoms with Crippen molar-refractivity contribution in [1.29, 1.82) is 0 Å². The van der Waals surface area contributed by atoms with Crippen LogP contribution in [-0.2, 0) is 13.1 Å². The smallest absolute Gasteiger partial charge is 0.169 e. The van der Waals surface area contributed by atoms with E-state index in [9.17, 15) is 0 Å². The summed E-state index contributed by atoms with van der Waals surface area (Å²) < 4.78 is 4.56. The summed E-state index contributed by atoms with van der Waals surface area (Å²) in [7, 11) is 0. The molecule has 0 spiro atoms. The Bertz CT molecular complexity index is 549. The highest BCUT2D eigenvalue weighted by Gasteiger charge is 2.05. The lowest BCUT2D eigenvalue weighted by atomic mass is 10.1. The SMILES string of the molecule is CCCCC[n+]1ccc(-c2cc[n+](CCCCCS)cc2)cc1. The van der Waals surface area contributed by atoms with Crippen LogP contribution in [0.2, 0.25) is 0 Å². The molecule has 0 aliphatic heterocycles. The van der Waals surface area contributed by atoms with Gasteiger partial charge in [-0.1, -0.05) is 13.3 Å². The van der Waals surface area contributed by atoms with Gasteiger partial charge in [0.1, 0.15) is 13.1 Å². The fraction of sp³-hybridized carbons (Fsp3) is 0.500. The van der Waals surface area contributed by atoms with Gasteiger partial charge in [0.05, 0.1) is 0 Å². The standard InChI is InChI=1S/C20H29N2S/c1-2-3-5-12-21-14-8-19(9-15-21)20-10-16-22(17-11-20)13-6-4-7-18-23/h8-11,14-17H,2-7,12-13,18H2,1H3/q+1/p+1. The fourth-order valence-electron chi connectivity index (χ4n) is 2.73. The molecule has 0 amide bonds. The molecule has 0 aliphatic carbocycles. The molecular weight excluding hydrogens is 300 g/mol. The molecular formula is C20H30N2S+2. The molecule has 2 aromatic rings. The molecule has 0 atom stereocenters. The molecule has 0 fully saturated rings. The zero-order valence-corrected chi connectivity index (χ0v) is 15.2. The summed E-state index contributed by atoms with van der Waals surface area (Å²) >= 11 is 4.26. The number of unbranched alkanes of at least 4 members (excludes halogenated alkanes) is 4. The summed E-state index contributed by atoms with van der Waals surface area (Å²) in [4.78, 5) is 0. The van der Waals surface area contributed by atoms with Gasteiger partial charge in [-0.25, -0.2) is 9.13 Å². The van der Waals surface area contributed by atoms with Crippen LogP contribution in [0.5, 0.6) is 0 Å². The van der Waals surface area contributed by atoms with Gasteiger partial charge in [-0.15, -0.1) is 0 Å². The number of aromatic nitrogens is 2. The third-order valence-corrected chi connectivity index (χ3v) is 4.53. The van der Waals surface area contributed by atoms with E-state index in [1.807, 2.05) is 0 Å². The first-order valence-corrected chi connectivity index (χ1v) is 9.56. The van der Waals surface area contributed by atoms with Gasteiger partial charge < -0.3 is 0 Å². The van der Waals surface area contributed by atoms with Crippen LogP contribution in [0.3, 0.4) is 0 Å². The van der Waals surface area contributed by atoms with Crippen molar-refractivity contribution in [2.24, 2.45) is 0 Å². The molecule has 0 saturated carbocycles. The van der Waals surface area contributed by atoms with Crippen molar-refractivity contribution in [3.05, 3.63) is 49.1 Å². The van der Waals surface area contributed by atoms with Crippen LogP contribution in [0.25, 0.3) is 11.1 Å². The zero-order chi connectivity index (χ0) is 16.3. The Labute approximate surface area is 146 Å². The Kier molecular flexibility index (Phi) is 8.16. The minimum Gasteiger partial charge on any atom is -0.205 e. The molecule has 2 rings (SSSR count). The van der Waals surface area contributed by atoms with Gasteiger partial charge in [-0.05, 0) is 36.1 Å². The molecule has 23 heavy (non-hydrogen) atoms. The molecule has 0 aromatic carbocycles. The predicted molar refractivity (Wildman–Crippen MR) is 99.5 cm³/mol. The van der Waals surface area contributed by atoms with Crippen molar-refractivity contribution in [3.8, 4) is 11.1 Å². The van der Waals surface area contributed by atoms with E-state index in [0.717, 1.165) is 18.8 Å². The molecule has 0 aliphatic rings. The molecule has 0 bridgehead atoms. The Balaban J connectivity index is 1.88. The third-order valence-electron chi connectivity index (χ3n) is 4.21. The quantitative estimate of drug-likeness (QED) is 0.379. The zero-order valence-electron chi connectivity index (χ0n) is 14.3. The van der Waals surface area contributed by atoms with Gasteiger partial charge in [0.15, 0.2) is 24.8 Å². The van der Waals surface area contributed by atoms with E-state index >= 15 is 0 Å². The maximum Gasteiger partial charge on any atom is 0.169 e. The number of nitrogens with zero attached hydrogens (tertiary/aromatic N) is 2. The summed E-state index contributed by atoms with van der Waals surface area (Å²) in [6.07, 6.45) is 16.3. The highest BCUT2D eigenvalue weighted by molar-refractivity contribution is 7.80. The van der Waals surface area contributed by atoms with E-state index in [-0.39, 0.29) is 0 Å². The first-order chi connectivity index (χ1) is 11.3. The van der Waals surface area contributed by atoms with Gasteiger partial charge in [-0.2, -0.15) is 12.6 Å². The van der Waals surface area contributed by atoms with Crippen molar-refractivity contribution in [1.82, 2.24) is 0 Å². The van der Waals surface area contributed by atoms with Crippen molar-refractivity contribution in [2.45, 2.75) is 58.5 Å². The molecule has 0 radical (unpaired) electrons. The van der Waals surface area contributed by atoms with Gasteiger partial charge in [0.2, 0.25) is 0 Å². The molecule has 2 heterocycles. The number of pyridine rings is 2. The molecule has 2 nitrogen and oxygen atoms in total. The van der Waals surface area contributed by atoms with E-state index in [0.29, 0.717) is 0 Å². The second kappa shape index (κ2) is 10.4. The maximum atomic E-state index is 4.26. The summed E-state index contributed by atoms with van der Waals surface area (Å²) in [5, 5.41) is 0. The largest absolute Gasteiger partial charge is 0.205 e. The van der Waals surface area contributed by atoms with Crippen molar-refractivity contribution in [2.75, 3.05) is 5.75 Å². The van der Waals surface area contributed by atoms with E-state index in [1.165, 1.54) is 49.7 Å². The van der Waals surface area contributed by atoms with Crippen LogP contribution in [-0.4, -0.2) is 5.75 Å². The lowest BCUT2D eigenvalue weighted by Crippen LogP contribution is -2.33. The van der Waals surface area contributed by atoms with Gasteiger partial charge in [0.25, 0.3) is 0 Å². The average Bonchev–Trinajstić information content (AvgIpc) is 2.60. The fourth-order valence-corrected chi connectivity index (χ4v) is 2.95. The number of hydrogen-bond acceptors (Lipinski definition) is 1. The lowest BCUT2D eigenvalue weighted by Gasteiger charge is -2.02. The van der Waals surface area contributed by atoms with Crippen LogP contribution < -0.4 is 9.13 Å². The maximum absolute atomic E-state index is 4.26. The van der Waals surface area contributed by atoms with Gasteiger partial charge >= 0.3 is 0 Å².